The van der Waals surface area contributed by atoms with Crippen molar-refractivity contribution in [2.75, 3.05) is 17.6 Å². The Morgan fingerprint density at radius 3 is 2.45 bits per heavy atom. The van der Waals surface area contributed by atoms with Gasteiger partial charge in [0.1, 0.15) is 10.6 Å². The number of aryl methyl sites for hydroxylation is 1. The van der Waals surface area contributed by atoms with Gasteiger partial charge in [0.2, 0.25) is 5.95 Å². The van der Waals surface area contributed by atoms with Crippen LogP contribution < -0.4 is 15.2 Å². The van der Waals surface area contributed by atoms with Crippen molar-refractivity contribution in [1.82, 2.24) is 9.97 Å². The van der Waals surface area contributed by atoms with Gasteiger partial charge in [-0.25, -0.2) is 18.4 Å². The van der Waals surface area contributed by atoms with E-state index >= 15 is 0 Å². The van der Waals surface area contributed by atoms with Crippen LogP contribution in [0.1, 0.15) is 5.56 Å². The number of nitrogens with two attached hydrogens (primary N) is 1. The highest BCUT2D eigenvalue weighted by Crippen LogP contribution is 2.23. The molecule has 0 bridgehead atoms. The van der Waals surface area contributed by atoms with E-state index < -0.39 is 10.0 Å². The van der Waals surface area contributed by atoms with Crippen molar-refractivity contribution < 1.29 is 13.2 Å². The van der Waals surface area contributed by atoms with Gasteiger partial charge in [-0.15, -0.1) is 0 Å². The van der Waals surface area contributed by atoms with Crippen molar-refractivity contribution in [1.29, 1.82) is 0 Å². The summed E-state index contributed by atoms with van der Waals surface area (Å²) in [6, 6.07) is 5.03. The first kappa shape index (κ1) is 14.1. The van der Waals surface area contributed by atoms with E-state index in [1.165, 1.54) is 0 Å². The molecule has 0 aliphatic rings. The Hall–Kier alpha value is -2.35. The van der Waals surface area contributed by atoms with Crippen molar-refractivity contribution >= 4 is 21.7 Å². The molecule has 0 aliphatic carbocycles. The smallest absolute Gasteiger partial charge is 0.264 e. The molecule has 1 aromatic heterocycles. The molecule has 0 unspecified atom stereocenters. The molecule has 0 aliphatic heterocycles. The molecular formula is C12H14N4O3S. The van der Waals surface area contributed by atoms with Gasteiger partial charge in [-0.2, -0.15) is 0 Å². The molecule has 7 nitrogen and oxygen atoms in total. The average molecular weight is 294 g/mol. The van der Waals surface area contributed by atoms with E-state index in [4.69, 9.17) is 10.5 Å². The Bertz CT molecular complexity index is 714. The van der Waals surface area contributed by atoms with Gasteiger partial charge in [-0.05, 0) is 30.7 Å². The zero-order chi connectivity index (χ0) is 14.8. The summed E-state index contributed by atoms with van der Waals surface area (Å²) in [6.07, 6.45) is 2.31. The first-order chi connectivity index (χ1) is 9.42. The largest absolute Gasteiger partial charge is 0.497 e. The van der Waals surface area contributed by atoms with Crippen LogP contribution in [0.15, 0.2) is 35.5 Å². The predicted molar refractivity (Wildman–Crippen MR) is 75.0 cm³/mol. The minimum Gasteiger partial charge on any atom is -0.497 e. The minimum atomic E-state index is -3.74. The Kier molecular flexibility index (Phi) is 3.75. The second-order valence-corrected chi connectivity index (χ2v) is 5.75. The van der Waals surface area contributed by atoms with Crippen LogP contribution in [0.5, 0.6) is 5.75 Å². The molecule has 0 saturated carbocycles. The highest BCUT2D eigenvalue weighted by Gasteiger charge is 2.16. The molecule has 1 heterocycles. The fourth-order valence-electron chi connectivity index (χ4n) is 1.55. The average Bonchev–Trinajstić information content (AvgIpc) is 2.41. The molecule has 0 fully saturated rings. The monoisotopic (exact) mass is 294 g/mol. The molecule has 0 radical (unpaired) electrons. The molecule has 3 N–H and O–H groups in total. The molecule has 106 valence electrons. The van der Waals surface area contributed by atoms with Crippen LogP contribution in [0.25, 0.3) is 0 Å². The number of sulfonamides is 1. The Balaban J connectivity index is 2.31. The summed E-state index contributed by atoms with van der Waals surface area (Å²) in [5.74, 6) is 0.672. The number of nitrogens with zero attached hydrogens (tertiary/aromatic N) is 2. The Morgan fingerprint density at radius 1 is 1.25 bits per heavy atom. The lowest BCUT2D eigenvalue weighted by molar-refractivity contribution is 0.414. The Morgan fingerprint density at radius 2 is 1.90 bits per heavy atom. The number of methoxy groups -OCH3 is 1. The number of anilines is 2. The fourth-order valence-corrected chi connectivity index (χ4v) is 2.57. The van der Waals surface area contributed by atoms with E-state index in [0.717, 1.165) is 18.0 Å². The topological polar surface area (TPSA) is 107 Å². The van der Waals surface area contributed by atoms with E-state index in [1.54, 1.807) is 32.2 Å². The quantitative estimate of drug-likeness (QED) is 0.876. The van der Waals surface area contributed by atoms with Crippen LogP contribution in [0.3, 0.4) is 0 Å². The highest BCUT2D eigenvalue weighted by atomic mass is 32.2. The maximum Gasteiger partial charge on any atom is 0.264 e. The van der Waals surface area contributed by atoms with Gasteiger partial charge in [0, 0.05) is 0 Å². The third kappa shape index (κ3) is 2.97. The molecule has 2 rings (SSSR count). The van der Waals surface area contributed by atoms with E-state index in [0.29, 0.717) is 11.4 Å². The molecule has 20 heavy (non-hydrogen) atoms. The second-order valence-electron chi connectivity index (χ2n) is 4.06. The molecule has 0 atom stereocenters. The minimum absolute atomic E-state index is 0.0181. The molecular weight excluding hydrogens is 280 g/mol. The van der Waals surface area contributed by atoms with Crippen LogP contribution in [0.2, 0.25) is 0 Å². The van der Waals surface area contributed by atoms with E-state index in [9.17, 15) is 8.42 Å². The lowest BCUT2D eigenvalue weighted by Crippen LogP contribution is -2.14. The van der Waals surface area contributed by atoms with Crippen molar-refractivity contribution in [3.8, 4) is 5.75 Å². The van der Waals surface area contributed by atoms with Gasteiger partial charge in [0.15, 0.2) is 0 Å². The summed E-state index contributed by atoms with van der Waals surface area (Å²) in [7, 11) is -2.20. The number of ether oxygens (including phenoxy) is 1. The van der Waals surface area contributed by atoms with Crippen LogP contribution in [0, 0.1) is 6.92 Å². The van der Waals surface area contributed by atoms with Crippen LogP contribution in [-0.2, 0) is 10.0 Å². The summed E-state index contributed by atoms with van der Waals surface area (Å²) < 4.78 is 31.8. The second kappa shape index (κ2) is 5.33. The van der Waals surface area contributed by atoms with Crippen LogP contribution >= 0.6 is 0 Å². The Labute approximate surface area is 116 Å². The summed E-state index contributed by atoms with van der Waals surface area (Å²) in [5, 5.41) is 0. The zero-order valence-electron chi connectivity index (χ0n) is 11.0. The first-order valence-electron chi connectivity index (χ1n) is 5.67. The van der Waals surface area contributed by atoms with Crippen molar-refractivity contribution in [2.45, 2.75) is 11.8 Å². The van der Waals surface area contributed by atoms with E-state index in [1.807, 2.05) is 0 Å². The number of rotatable bonds is 4. The number of nitrogen functional groups attached to an aromatic ring is 1. The van der Waals surface area contributed by atoms with Gasteiger partial charge >= 0.3 is 0 Å². The van der Waals surface area contributed by atoms with Crippen molar-refractivity contribution in [3.05, 3.63) is 36.2 Å². The summed E-state index contributed by atoms with van der Waals surface area (Å²) >= 11 is 0. The maximum atomic E-state index is 12.2. The third-order valence-electron chi connectivity index (χ3n) is 2.64. The molecule has 0 saturated heterocycles. The third-order valence-corrected chi connectivity index (χ3v) is 3.96. The lowest BCUT2D eigenvalue weighted by Gasteiger charge is -2.11. The van der Waals surface area contributed by atoms with Crippen molar-refractivity contribution in [3.63, 3.8) is 0 Å². The summed E-state index contributed by atoms with van der Waals surface area (Å²) in [4.78, 5) is 7.27. The number of nitrogens with one attached hydrogen (secondary N) is 1. The zero-order valence-corrected chi connectivity index (χ0v) is 11.8. The number of hydrogen-bond acceptors (Lipinski definition) is 6. The van der Waals surface area contributed by atoms with Gasteiger partial charge in [0.25, 0.3) is 10.0 Å². The SMILES string of the molecule is COc1ccc(NS(=O)(=O)c2cnc(N)nc2)c(C)c1. The van der Waals surface area contributed by atoms with E-state index in [-0.39, 0.29) is 10.8 Å². The number of hydrogen-bond donors (Lipinski definition) is 2. The van der Waals surface area contributed by atoms with Crippen molar-refractivity contribution in [2.24, 2.45) is 0 Å². The summed E-state index contributed by atoms with van der Waals surface area (Å²) in [5.41, 5.74) is 6.53. The first-order valence-corrected chi connectivity index (χ1v) is 7.15. The molecule has 1 aromatic carbocycles. The number of aromatic nitrogens is 2. The van der Waals surface area contributed by atoms with Gasteiger partial charge in [-0.1, -0.05) is 0 Å². The number of benzene rings is 1. The lowest BCUT2D eigenvalue weighted by atomic mass is 10.2. The van der Waals surface area contributed by atoms with E-state index in [2.05, 4.69) is 14.7 Å². The molecule has 0 amide bonds. The fraction of sp³-hybridized carbons (Fsp3) is 0.167. The standard InChI is InChI=1S/C12H14N4O3S/c1-8-5-9(19-2)3-4-11(8)16-20(17,18)10-6-14-12(13)15-7-10/h3-7,16H,1-2H3,(H2,13,14,15). The highest BCUT2D eigenvalue weighted by molar-refractivity contribution is 7.92. The molecule has 0 spiro atoms. The molecule has 8 heteroatoms. The summed E-state index contributed by atoms with van der Waals surface area (Å²) in [6.45, 7) is 1.78. The van der Waals surface area contributed by atoms with Crippen LogP contribution in [0.4, 0.5) is 11.6 Å². The normalized spacial score (nSPS) is 11.1. The van der Waals surface area contributed by atoms with Crippen LogP contribution in [-0.4, -0.2) is 25.5 Å². The van der Waals surface area contributed by atoms with Gasteiger partial charge < -0.3 is 10.5 Å². The van der Waals surface area contributed by atoms with Gasteiger partial charge in [-0.3, -0.25) is 4.72 Å². The maximum absolute atomic E-state index is 12.2. The molecule has 2 aromatic rings. The van der Waals surface area contributed by atoms with Gasteiger partial charge in [0.05, 0.1) is 25.2 Å². The predicted octanol–water partition coefficient (Wildman–Crippen LogP) is 1.18.